The van der Waals surface area contributed by atoms with Gasteiger partial charge in [0.25, 0.3) is 0 Å². The Morgan fingerprint density at radius 3 is 2.84 bits per heavy atom. The lowest BCUT2D eigenvalue weighted by molar-refractivity contribution is 0.511. The summed E-state index contributed by atoms with van der Waals surface area (Å²) in [6.07, 6.45) is 6.41. The predicted octanol–water partition coefficient (Wildman–Crippen LogP) is 2.82. The van der Waals surface area contributed by atoms with Gasteiger partial charge in [0.15, 0.2) is 0 Å². The summed E-state index contributed by atoms with van der Waals surface area (Å²) >= 11 is 0. The number of benzene rings is 1. The third kappa shape index (κ3) is 2.57. The van der Waals surface area contributed by atoms with Crippen molar-refractivity contribution in [2.75, 3.05) is 0 Å². The first-order chi connectivity index (χ1) is 9.26. The second-order valence-electron chi connectivity index (χ2n) is 5.37. The quantitative estimate of drug-likeness (QED) is 0.653. The molecule has 0 fully saturated rings. The zero-order chi connectivity index (χ0) is 13.2. The fourth-order valence-electron chi connectivity index (χ4n) is 2.91. The minimum atomic E-state index is 0.108. The maximum Gasteiger partial charge on any atom is 0.101 e. The Kier molecular flexibility index (Phi) is 3.40. The number of rotatable bonds is 4. The molecule has 3 rings (SSSR count). The van der Waals surface area contributed by atoms with Gasteiger partial charge in [0.05, 0.1) is 12.3 Å². The van der Waals surface area contributed by atoms with Gasteiger partial charge >= 0.3 is 0 Å². The van der Waals surface area contributed by atoms with Crippen LogP contribution in [0.5, 0.6) is 0 Å². The Morgan fingerprint density at radius 1 is 1.26 bits per heavy atom. The van der Waals surface area contributed by atoms with E-state index in [9.17, 15) is 0 Å². The molecule has 0 spiro atoms. The molecule has 1 aromatic carbocycles. The molecule has 0 aliphatic heterocycles. The normalized spacial score (nSPS) is 15.5. The monoisotopic (exact) mass is 256 g/mol. The molecule has 1 aliphatic rings. The van der Waals surface area contributed by atoms with E-state index in [0.29, 0.717) is 0 Å². The summed E-state index contributed by atoms with van der Waals surface area (Å²) in [5, 5.41) is 0. The molecule has 0 saturated heterocycles. The number of hydrazine groups is 1. The molecule has 3 heteroatoms. The van der Waals surface area contributed by atoms with E-state index in [4.69, 9.17) is 10.3 Å². The lowest BCUT2D eigenvalue weighted by atomic mass is 9.98. The first kappa shape index (κ1) is 12.5. The van der Waals surface area contributed by atoms with E-state index in [0.717, 1.165) is 17.7 Å². The fraction of sp³-hybridized carbons (Fsp3) is 0.375. The van der Waals surface area contributed by atoms with Gasteiger partial charge in [0.1, 0.15) is 5.76 Å². The molecule has 3 nitrogen and oxygen atoms in total. The minimum absolute atomic E-state index is 0.108. The number of nitrogens with one attached hydrogen (secondary N) is 1. The molecule has 100 valence electrons. The molecule has 0 saturated carbocycles. The average Bonchev–Trinajstić information content (AvgIpc) is 3.04. The number of aryl methyl sites for hydroxylation is 3. The van der Waals surface area contributed by atoms with E-state index in [1.54, 1.807) is 6.26 Å². The summed E-state index contributed by atoms with van der Waals surface area (Å²) in [7, 11) is 0. The van der Waals surface area contributed by atoms with Crippen LogP contribution in [0.1, 0.15) is 40.5 Å². The molecule has 1 heterocycles. The summed E-state index contributed by atoms with van der Waals surface area (Å²) < 4.78 is 5.36. The SMILES string of the molecule is Cc1cc(C(Cc2ccc3c(c2)CCC3)NN)co1. The molecule has 2 aromatic rings. The molecular formula is C16H20N2O. The van der Waals surface area contributed by atoms with Crippen LogP contribution in [-0.2, 0) is 19.3 Å². The first-order valence-corrected chi connectivity index (χ1v) is 6.88. The van der Waals surface area contributed by atoms with Gasteiger partial charge in [-0.2, -0.15) is 0 Å². The van der Waals surface area contributed by atoms with Crippen LogP contribution in [0.3, 0.4) is 0 Å². The van der Waals surface area contributed by atoms with Crippen molar-refractivity contribution < 1.29 is 4.42 Å². The van der Waals surface area contributed by atoms with Gasteiger partial charge in [-0.15, -0.1) is 0 Å². The minimum Gasteiger partial charge on any atom is -0.469 e. The summed E-state index contributed by atoms with van der Waals surface area (Å²) in [6, 6.07) is 8.97. The number of fused-ring (bicyclic) bond motifs is 1. The van der Waals surface area contributed by atoms with Crippen molar-refractivity contribution in [3.05, 3.63) is 58.5 Å². The van der Waals surface area contributed by atoms with Gasteiger partial charge in [-0.1, -0.05) is 18.2 Å². The van der Waals surface area contributed by atoms with Crippen molar-refractivity contribution in [3.8, 4) is 0 Å². The second kappa shape index (κ2) is 5.19. The Balaban J connectivity index is 1.79. The van der Waals surface area contributed by atoms with Crippen molar-refractivity contribution in [1.29, 1.82) is 0 Å². The van der Waals surface area contributed by atoms with Crippen LogP contribution in [0.25, 0.3) is 0 Å². The van der Waals surface area contributed by atoms with Crippen LogP contribution in [0.2, 0.25) is 0 Å². The topological polar surface area (TPSA) is 51.2 Å². The van der Waals surface area contributed by atoms with Gasteiger partial charge in [0, 0.05) is 5.56 Å². The van der Waals surface area contributed by atoms with Crippen LogP contribution in [0.4, 0.5) is 0 Å². The maximum absolute atomic E-state index is 5.68. The Hall–Kier alpha value is -1.58. The summed E-state index contributed by atoms with van der Waals surface area (Å²) in [4.78, 5) is 0. The molecule has 1 aromatic heterocycles. The van der Waals surface area contributed by atoms with E-state index in [1.165, 1.54) is 36.0 Å². The van der Waals surface area contributed by atoms with Crippen molar-refractivity contribution >= 4 is 0 Å². The molecule has 1 aliphatic carbocycles. The smallest absolute Gasteiger partial charge is 0.101 e. The summed E-state index contributed by atoms with van der Waals surface area (Å²) in [5.74, 6) is 6.60. The third-order valence-corrected chi connectivity index (χ3v) is 3.96. The average molecular weight is 256 g/mol. The third-order valence-electron chi connectivity index (χ3n) is 3.96. The molecule has 0 amide bonds. The van der Waals surface area contributed by atoms with Gasteiger partial charge < -0.3 is 4.42 Å². The Morgan fingerprint density at radius 2 is 2.11 bits per heavy atom. The van der Waals surface area contributed by atoms with Gasteiger partial charge in [-0.3, -0.25) is 11.3 Å². The zero-order valence-corrected chi connectivity index (χ0v) is 11.3. The highest BCUT2D eigenvalue weighted by atomic mass is 16.3. The molecule has 1 unspecified atom stereocenters. The lowest BCUT2D eigenvalue weighted by Crippen LogP contribution is -2.29. The van der Waals surface area contributed by atoms with E-state index < -0.39 is 0 Å². The van der Waals surface area contributed by atoms with Crippen LogP contribution in [-0.4, -0.2) is 0 Å². The summed E-state index contributed by atoms with van der Waals surface area (Å²) in [6.45, 7) is 1.95. The molecule has 0 bridgehead atoms. The highest BCUT2D eigenvalue weighted by Crippen LogP contribution is 2.26. The largest absolute Gasteiger partial charge is 0.469 e. The molecule has 1 atom stereocenters. The van der Waals surface area contributed by atoms with Gasteiger partial charge in [0.2, 0.25) is 0 Å². The predicted molar refractivity (Wildman–Crippen MR) is 75.7 cm³/mol. The first-order valence-electron chi connectivity index (χ1n) is 6.88. The van der Waals surface area contributed by atoms with E-state index in [-0.39, 0.29) is 6.04 Å². The van der Waals surface area contributed by atoms with Crippen LogP contribution in [0, 0.1) is 6.92 Å². The van der Waals surface area contributed by atoms with Gasteiger partial charge in [-0.05, 0) is 55.4 Å². The van der Waals surface area contributed by atoms with E-state index >= 15 is 0 Å². The number of nitrogens with two attached hydrogens (primary N) is 1. The van der Waals surface area contributed by atoms with Crippen LogP contribution in [0.15, 0.2) is 34.9 Å². The highest BCUT2D eigenvalue weighted by Gasteiger charge is 2.15. The number of hydrogen-bond acceptors (Lipinski definition) is 3. The fourth-order valence-corrected chi connectivity index (χ4v) is 2.91. The Labute approximate surface area is 113 Å². The number of furan rings is 1. The molecule has 0 radical (unpaired) electrons. The van der Waals surface area contributed by atoms with E-state index in [2.05, 4.69) is 23.6 Å². The van der Waals surface area contributed by atoms with Crippen molar-refractivity contribution in [2.24, 2.45) is 5.84 Å². The number of hydrogen-bond donors (Lipinski definition) is 2. The molecule has 3 N–H and O–H groups in total. The second-order valence-corrected chi connectivity index (χ2v) is 5.37. The van der Waals surface area contributed by atoms with Crippen molar-refractivity contribution in [1.82, 2.24) is 5.43 Å². The van der Waals surface area contributed by atoms with E-state index in [1.807, 2.05) is 13.0 Å². The molecular weight excluding hydrogens is 236 g/mol. The van der Waals surface area contributed by atoms with Crippen LogP contribution >= 0.6 is 0 Å². The maximum atomic E-state index is 5.68. The van der Waals surface area contributed by atoms with Crippen LogP contribution < -0.4 is 11.3 Å². The summed E-state index contributed by atoms with van der Waals surface area (Å²) in [5.41, 5.74) is 8.36. The Bertz CT molecular complexity index is 574. The molecule has 19 heavy (non-hydrogen) atoms. The van der Waals surface area contributed by atoms with Gasteiger partial charge in [-0.25, -0.2) is 0 Å². The standard InChI is InChI=1S/C16H20N2O/c1-11-7-15(10-19-11)16(18-17)9-12-5-6-13-3-2-4-14(13)8-12/h5-8,10,16,18H,2-4,9,17H2,1H3. The zero-order valence-electron chi connectivity index (χ0n) is 11.3. The van der Waals surface area contributed by atoms with Crippen molar-refractivity contribution in [3.63, 3.8) is 0 Å². The van der Waals surface area contributed by atoms with Crippen molar-refractivity contribution in [2.45, 2.75) is 38.6 Å². The highest BCUT2D eigenvalue weighted by molar-refractivity contribution is 5.36. The lowest BCUT2D eigenvalue weighted by Gasteiger charge is -2.15.